The van der Waals surface area contributed by atoms with Gasteiger partial charge < -0.3 is 14.8 Å². The molecule has 0 spiro atoms. The van der Waals surface area contributed by atoms with Gasteiger partial charge in [0.05, 0.1) is 26.0 Å². The van der Waals surface area contributed by atoms with Crippen molar-refractivity contribution in [2.24, 2.45) is 0 Å². The molecule has 1 N–H and O–H groups in total. The van der Waals surface area contributed by atoms with Crippen LogP contribution in [0.25, 0.3) is 0 Å². The number of rotatable bonds is 6. The van der Waals surface area contributed by atoms with Crippen molar-refractivity contribution in [2.75, 3.05) is 20.8 Å². The molecule has 0 fully saturated rings. The molecule has 0 aliphatic heterocycles. The van der Waals surface area contributed by atoms with Gasteiger partial charge in [0, 0.05) is 17.7 Å². The number of nitrogens with zero attached hydrogens (tertiary/aromatic N) is 2. The van der Waals surface area contributed by atoms with E-state index in [-0.39, 0.29) is 11.9 Å². The van der Waals surface area contributed by atoms with Gasteiger partial charge in [0.1, 0.15) is 17.9 Å². The molecule has 1 aromatic carbocycles. The zero-order valence-corrected chi connectivity index (χ0v) is 12.3. The summed E-state index contributed by atoms with van der Waals surface area (Å²) in [4.78, 5) is 8.18. The van der Waals surface area contributed by atoms with Gasteiger partial charge in [-0.3, -0.25) is 0 Å². The standard InChI is InChI=1S/C15H18FN3O2/c1-4-17-15(13-8-14(21-3)19-9-18-13)11-6-5-10(20-2)7-12(11)16/h5-9,15,17H,4H2,1-3H3. The van der Waals surface area contributed by atoms with E-state index >= 15 is 0 Å². The maximum Gasteiger partial charge on any atom is 0.216 e. The third-order valence-electron chi connectivity index (χ3n) is 3.09. The van der Waals surface area contributed by atoms with Crippen molar-refractivity contribution in [1.29, 1.82) is 0 Å². The van der Waals surface area contributed by atoms with Crippen LogP contribution in [0.2, 0.25) is 0 Å². The molecule has 0 saturated heterocycles. The molecule has 1 atom stereocenters. The molecule has 0 aliphatic rings. The van der Waals surface area contributed by atoms with Gasteiger partial charge in [-0.1, -0.05) is 13.0 Å². The van der Waals surface area contributed by atoms with E-state index in [4.69, 9.17) is 9.47 Å². The van der Waals surface area contributed by atoms with E-state index in [2.05, 4.69) is 15.3 Å². The van der Waals surface area contributed by atoms with E-state index in [9.17, 15) is 4.39 Å². The number of nitrogens with one attached hydrogen (secondary N) is 1. The molecule has 2 rings (SSSR count). The predicted molar refractivity (Wildman–Crippen MR) is 77.1 cm³/mol. The Balaban J connectivity index is 2.42. The van der Waals surface area contributed by atoms with E-state index < -0.39 is 0 Å². The SMILES string of the molecule is CCNC(c1cc(OC)ncn1)c1ccc(OC)cc1F. The second kappa shape index (κ2) is 6.99. The number of hydrogen-bond acceptors (Lipinski definition) is 5. The molecule has 1 heterocycles. The van der Waals surface area contributed by atoms with Crippen LogP contribution in [0.1, 0.15) is 24.2 Å². The highest BCUT2D eigenvalue weighted by molar-refractivity contribution is 5.35. The van der Waals surface area contributed by atoms with Gasteiger partial charge in [0.25, 0.3) is 0 Å². The van der Waals surface area contributed by atoms with Gasteiger partial charge in [-0.05, 0) is 12.6 Å². The molecule has 1 unspecified atom stereocenters. The first-order valence-corrected chi connectivity index (χ1v) is 6.62. The maximum absolute atomic E-state index is 14.3. The Morgan fingerprint density at radius 2 is 2.00 bits per heavy atom. The van der Waals surface area contributed by atoms with Crippen molar-refractivity contribution in [2.45, 2.75) is 13.0 Å². The van der Waals surface area contributed by atoms with E-state index in [1.807, 2.05) is 6.92 Å². The second-order valence-electron chi connectivity index (χ2n) is 4.36. The van der Waals surface area contributed by atoms with Crippen LogP contribution in [0.4, 0.5) is 4.39 Å². The predicted octanol–water partition coefficient (Wildman–Crippen LogP) is 2.33. The summed E-state index contributed by atoms with van der Waals surface area (Å²) < 4.78 is 24.4. The molecule has 0 saturated carbocycles. The van der Waals surface area contributed by atoms with Crippen LogP contribution in [0.15, 0.2) is 30.6 Å². The number of aromatic nitrogens is 2. The largest absolute Gasteiger partial charge is 0.497 e. The fourth-order valence-electron chi connectivity index (χ4n) is 2.07. The summed E-state index contributed by atoms with van der Waals surface area (Å²) in [5.74, 6) is 0.571. The molecular formula is C15H18FN3O2. The van der Waals surface area contributed by atoms with Crippen LogP contribution in [-0.4, -0.2) is 30.7 Å². The topological polar surface area (TPSA) is 56.3 Å². The highest BCUT2D eigenvalue weighted by Gasteiger charge is 2.19. The maximum atomic E-state index is 14.3. The summed E-state index contributed by atoms with van der Waals surface area (Å²) in [6, 6.07) is 6.09. The van der Waals surface area contributed by atoms with E-state index in [0.717, 1.165) is 0 Å². The van der Waals surface area contributed by atoms with E-state index in [1.165, 1.54) is 26.6 Å². The van der Waals surface area contributed by atoms with Gasteiger partial charge in [-0.15, -0.1) is 0 Å². The summed E-state index contributed by atoms with van der Waals surface area (Å²) >= 11 is 0. The summed E-state index contributed by atoms with van der Waals surface area (Å²) in [5.41, 5.74) is 1.14. The molecule has 0 radical (unpaired) electrons. The minimum absolute atomic E-state index is 0.349. The lowest BCUT2D eigenvalue weighted by Gasteiger charge is -2.19. The fourth-order valence-corrected chi connectivity index (χ4v) is 2.07. The van der Waals surface area contributed by atoms with Gasteiger partial charge >= 0.3 is 0 Å². The molecule has 0 amide bonds. The van der Waals surface area contributed by atoms with Gasteiger partial charge in [-0.25, -0.2) is 14.4 Å². The fraction of sp³-hybridized carbons (Fsp3) is 0.333. The Hall–Kier alpha value is -2.21. The number of halogens is 1. The monoisotopic (exact) mass is 291 g/mol. The third-order valence-corrected chi connectivity index (χ3v) is 3.09. The van der Waals surface area contributed by atoms with Crippen molar-refractivity contribution in [3.63, 3.8) is 0 Å². The van der Waals surface area contributed by atoms with Crippen LogP contribution in [-0.2, 0) is 0 Å². The van der Waals surface area contributed by atoms with Crippen LogP contribution < -0.4 is 14.8 Å². The average Bonchev–Trinajstić information content (AvgIpc) is 2.53. The Labute approximate surface area is 123 Å². The molecule has 6 heteroatoms. The Bertz CT molecular complexity index is 607. The summed E-state index contributed by atoms with van der Waals surface area (Å²) in [6.07, 6.45) is 1.40. The molecule has 1 aromatic heterocycles. The molecule has 112 valence electrons. The van der Waals surface area contributed by atoms with Crippen molar-refractivity contribution in [3.05, 3.63) is 47.7 Å². The number of ether oxygens (including phenoxy) is 2. The van der Waals surface area contributed by atoms with Crippen LogP contribution in [0.5, 0.6) is 11.6 Å². The van der Waals surface area contributed by atoms with Crippen molar-refractivity contribution in [3.8, 4) is 11.6 Å². The van der Waals surface area contributed by atoms with Crippen molar-refractivity contribution >= 4 is 0 Å². The highest BCUT2D eigenvalue weighted by atomic mass is 19.1. The molecule has 0 aliphatic carbocycles. The molecular weight excluding hydrogens is 273 g/mol. The first-order chi connectivity index (χ1) is 10.2. The quantitative estimate of drug-likeness (QED) is 0.885. The second-order valence-corrected chi connectivity index (χ2v) is 4.36. The lowest BCUT2D eigenvalue weighted by molar-refractivity contribution is 0.394. The van der Waals surface area contributed by atoms with Crippen molar-refractivity contribution in [1.82, 2.24) is 15.3 Å². The average molecular weight is 291 g/mol. The first kappa shape index (κ1) is 15.2. The van der Waals surface area contributed by atoms with E-state index in [1.54, 1.807) is 18.2 Å². The van der Waals surface area contributed by atoms with Gasteiger partial charge in [0.15, 0.2) is 0 Å². The zero-order valence-electron chi connectivity index (χ0n) is 12.3. The third kappa shape index (κ3) is 3.46. The summed E-state index contributed by atoms with van der Waals surface area (Å²) in [6.45, 7) is 2.62. The zero-order chi connectivity index (χ0) is 15.2. The van der Waals surface area contributed by atoms with Crippen molar-refractivity contribution < 1.29 is 13.9 Å². The lowest BCUT2D eigenvalue weighted by atomic mass is 10.0. The minimum atomic E-state index is -0.377. The normalized spacial score (nSPS) is 12.0. The van der Waals surface area contributed by atoms with Crippen LogP contribution in [0.3, 0.4) is 0 Å². The van der Waals surface area contributed by atoms with Gasteiger partial charge in [0.2, 0.25) is 5.88 Å². The molecule has 0 bridgehead atoms. The Kier molecular flexibility index (Phi) is 5.05. The van der Waals surface area contributed by atoms with Crippen LogP contribution >= 0.6 is 0 Å². The number of benzene rings is 1. The number of hydrogen-bond donors (Lipinski definition) is 1. The Morgan fingerprint density at radius 3 is 2.62 bits per heavy atom. The first-order valence-electron chi connectivity index (χ1n) is 6.62. The highest BCUT2D eigenvalue weighted by Crippen LogP contribution is 2.27. The summed E-state index contributed by atoms with van der Waals surface area (Å²) in [5, 5.41) is 3.22. The van der Waals surface area contributed by atoms with Gasteiger partial charge in [-0.2, -0.15) is 0 Å². The summed E-state index contributed by atoms with van der Waals surface area (Å²) in [7, 11) is 3.04. The smallest absolute Gasteiger partial charge is 0.216 e. The Morgan fingerprint density at radius 1 is 1.19 bits per heavy atom. The molecule has 5 nitrogen and oxygen atoms in total. The molecule has 21 heavy (non-hydrogen) atoms. The molecule has 2 aromatic rings. The lowest BCUT2D eigenvalue weighted by Crippen LogP contribution is -2.24. The minimum Gasteiger partial charge on any atom is -0.497 e. The van der Waals surface area contributed by atoms with Crippen LogP contribution in [0, 0.1) is 5.82 Å². The number of methoxy groups -OCH3 is 2. The van der Waals surface area contributed by atoms with E-state index in [0.29, 0.717) is 29.4 Å².